The molecule has 9 fully saturated rings. The van der Waals surface area contributed by atoms with Crippen LogP contribution in [0.3, 0.4) is 0 Å². The van der Waals surface area contributed by atoms with Crippen LogP contribution >= 0.6 is 0 Å². The monoisotopic (exact) mass is 1590 g/mol. The van der Waals surface area contributed by atoms with Gasteiger partial charge in [0.25, 0.3) is 0 Å². The number of aliphatic hydroxyl groups excluding tert-OH is 23. The fourth-order valence-corrected chi connectivity index (χ4v) is 14.9. The summed E-state index contributed by atoms with van der Waals surface area (Å²) in [5.41, 5.74) is 1.73. The molecule has 0 spiro atoms. The van der Waals surface area contributed by atoms with Gasteiger partial charge in [-0.3, -0.25) is 9.80 Å². The van der Waals surface area contributed by atoms with Gasteiger partial charge in [0.1, 0.15) is 177 Å². The molecule has 9 aliphatic heterocycles. The smallest absolute Gasteiger partial charge is 0.187 e. The van der Waals surface area contributed by atoms with E-state index < -0.39 is 305 Å². The third kappa shape index (κ3) is 20.0. The summed E-state index contributed by atoms with van der Waals surface area (Å²) in [4.78, 5) is 3.65. The van der Waals surface area contributed by atoms with Crippen LogP contribution in [0, 0.1) is 0 Å². The first kappa shape index (κ1) is 87.6. The van der Waals surface area contributed by atoms with E-state index in [9.17, 15) is 117 Å². The minimum atomic E-state index is -2.45. The molecule has 9 heterocycles. The third-order valence-electron chi connectivity index (χ3n) is 21.0. The van der Waals surface area contributed by atoms with Gasteiger partial charge < -0.3 is 198 Å². The van der Waals surface area contributed by atoms with Crippen molar-refractivity contribution in [1.82, 2.24) is 9.80 Å². The zero-order chi connectivity index (χ0) is 79.1. The highest BCUT2D eigenvalue weighted by Crippen LogP contribution is 2.39. The average Bonchev–Trinajstić information content (AvgIpc) is 0.794. The van der Waals surface area contributed by atoms with Crippen molar-refractivity contribution in [3.63, 3.8) is 0 Å². The predicted octanol–water partition coefficient (Wildman–Crippen LogP) is -13.4. The minimum Gasteiger partial charge on any atom is -0.394 e. The van der Waals surface area contributed by atoms with Crippen LogP contribution in [0.15, 0.2) is 60.7 Å². The molecule has 2 aromatic carbocycles. The minimum absolute atomic E-state index is 0.0421. The van der Waals surface area contributed by atoms with Crippen molar-refractivity contribution in [1.29, 1.82) is 0 Å². The van der Waals surface area contributed by atoms with Crippen LogP contribution in [-0.2, 0) is 93.6 Å². The van der Waals surface area contributed by atoms with Gasteiger partial charge >= 0.3 is 0 Å². The second kappa shape index (κ2) is 39.8. The van der Waals surface area contributed by atoms with Gasteiger partial charge in [-0.15, -0.1) is 0 Å². The first-order valence-corrected chi connectivity index (χ1v) is 36.4. The molecular weight excluding hydrogens is 1480 g/mol. The van der Waals surface area contributed by atoms with Gasteiger partial charge in [0, 0.05) is 39.3 Å². The van der Waals surface area contributed by atoms with E-state index in [0.29, 0.717) is 6.54 Å². The van der Waals surface area contributed by atoms with Crippen molar-refractivity contribution in [3.05, 3.63) is 71.8 Å². The van der Waals surface area contributed by atoms with Gasteiger partial charge in [-0.1, -0.05) is 60.7 Å². The van der Waals surface area contributed by atoms with Gasteiger partial charge in [0.15, 0.2) is 50.3 Å². The number of rotatable bonds is 29. The lowest BCUT2D eigenvalue weighted by atomic mass is 9.94. The molecule has 42 nitrogen and oxygen atoms in total. The predicted molar refractivity (Wildman–Crippen MR) is 354 cm³/mol. The molecule has 9 saturated heterocycles. The third-order valence-corrected chi connectivity index (χ3v) is 21.0. The van der Waals surface area contributed by atoms with E-state index in [2.05, 4.69) is 0 Å². The molecule has 0 amide bonds. The van der Waals surface area contributed by atoms with Crippen LogP contribution in [0.1, 0.15) is 18.1 Å². The first-order valence-electron chi connectivity index (χ1n) is 36.4. The molecule has 0 bridgehead atoms. The summed E-state index contributed by atoms with van der Waals surface area (Å²) in [6.07, 6.45) is -75.5. The highest BCUT2D eigenvalue weighted by atomic mass is 16.8. The fourth-order valence-electron chi connectivity index (χ4n) is 14.9. The van der Waals surface area contributed by atoms with Crippen molar-refractivity contribution in [2.24, 2.45) is 0 Å². The number of ether oxygens (including phenoxy) is 17. The second-order valence-electron chi connectivity index (χ2n) is 28.7. The van der Waals surface area contributed by atoms with E-state index >= 15 is 0 Å². The van der Waals surface area contributed by atoms with Crippen molar-refractivity contribution < 1.29 is 198 Å². The van der Waals surface area contributed by atoms with E-state index in [-0.39, 0.29) is 32.7 Å². The zero-order valence-corrected chi connectivity index (χ0v) is 59.6. The topological polar surface area (TPSA) is 629 Å². The van der Waals surface area contributed by atoms with Crippen LogP contribution < -0.4 is 0 Å². The number of β-amino-alcohol motifs (C(OH)–C–C–N with tert-alkyl or cyclic N) is 1. The molecule has 9 aliphatic rings. The first-order chi connectivity index (χ1) is 52.7. The highest BCUT2D eigenvalue weighted by Gasteiger charge is 2.59. The number of nitrogens with zero attached hydrogens (tertiary/aromatic N) is 2. The van der Waals surface area contributed by atoms with E-state index in [1.165, 1.54) is 6.92 Å². The van der Waals surface area contributed by atoms with Gasteiger partial charge in [-0.25, -0.2) is 0 Å². The maximum Gasteiger partial charge on any atom is 0.187 e. The largest absolute Gasteiger partial charge is 0.394 e. The molecular formula is C68H106N2O40. The lowest BCUT2D eigenvalue weighted by Crippen LogP contribution is -2.68. The maximum absolute atomic E-state index is 12.4. The van der Waals surface area contributed by atoms with Crippen LogP contribution in [0.4, 0.5) is 0 Å². The number of hydrogen-bond acceptors (Lipinski definition) is 42. The Bertz CT molecular complexity index is 3040. The Morgan fingerprint density at radius 3 is 0.945 bits per heavy atom. The molecule has 0 aromatic heterocycles. The van der Waals surface area contributed by atoms with E-state index in [0.717, 1.165) is 11.1 Å². The van der Waals surface area contributed by atoms with E-state index in [4.69, 9.17) is 80.5 Å². The molecule has 0 saturated carbocycles. The molecule has 11 rings (SSSR count). The SMILES string of the molecule is CC1OC(CO)C(O)C(OC2OC(CO)C(O)C(OC3OC(CO)C(O)C(OC4OC(COC5OC(CO)C(O)C(OC6OC(CO)C(O)C(OC7CN(Cc8ccccc8)CC(CO)O7)C6O)C5O)C(O)C(OC5OC(CO)C(O)C(OC6O[C@H](CO)CN(Cc7ccccc7)C[C@H]6O)C5O)C4O)C3O)C2O)C1O. The number of benzene rings is 2. The van der Waals surface area contributed by atoms with Gasteiger partial charge in [0.05, 0.1) is 77.8 Å². The summed E-state index contributed by atoms with van der Waals surface area (Å²) in [6, 6.07) is 18.3. The van der Waals surface area contributed by atoms with Gasteiger partial charge in [0.2, 0.25) is 0 Å². The summed E-state index contributed by atoms with van der Waals surface area (Å²) >= 11 is 0. The Kier molecular flexibility index (Phi) is 31.7. The number of hydrogen-bond donors (Lipinski definition) is 23. The second-order valence-corrected chi connectivity index (χ2v) is 28.7. The zero-order valence-electron chi connectivity index (χ0n) is 59.6. The Balaban J connectivity index is 0.844. The van der Waals surface area contributed by atoms with Crippen molar-refractivity contribution >= 4 is 0 Å². The molecule has 628 valence electrons. The lowest BCUT2D eigenvalue weighted by Gasteiger charge is -2.50. The maximum atomic E-state index is 12.4. The molecule has 0 aliphatic carbocycles. The van der Waals surface area contributed by atoms with Crippen LogP contribution in [0.5, 0.6) is 0 Å². The summed E-state index contributed by atoms with van der Waals surface area (Å²) in [7, 11) is 0. The Labute approximate surface area is 629 Å². The van der Waals surface area contributed by atoms with E-state index in [1.54, 1.807) is 23.1 Å². The quantitative estimate of drug-likeness (QED) is 0.0360. The lowest BCUT2D eigenvalue weighted by molar-refractivity contribution is -0.399. The van der Waals surface area contributed by atoms with Gasteiger partial charge in [-0.2, -0.15) is 0 Å². The van der Waals surface area contributed by atoms with Crippen LogP contribution in [0.2, 0.25) is 0 Å². The van der Waals surface area contributed by atoms with Crippen LogP contribution in [0.25, 0.3) is 0 Å². The number of aliphatic hydroxyl groups is 23. The van der Waals surface area contributed by atoms with Crippen molar-refractivity contribution in [2.75, 3.05) is 85.6 Å². The molecule has 23 N–H and O–H groups in total. The highest BCUT2D eigenvalue weighted by molar-refractivity contribution is 5.16. The molecule has 40 atom stereocenters. The summed E-state index contributed by atoms with van der Waals surface area (Å²) < 4.78 is 101. The summed E-state index contributed by atoms with van der Waals surface area (Å²) in [5, 5.41) is 260. The van der Waals surface area contributed by atoms with Gasteiger partial charge in [-0.05, 0) is 18.1 Å². The Morgan fingerprint density at radius 1 is 0.291 bits per heavy atom. The fraction of sp³-hybridized carbons (Fsp3) is 0.824. The van der Waals surface area contributed by atoms with Crippen molar-refractivity contribution in [3.8, 4) is 0 Å². The molecule has 38 unspecified atom stereocenters. The van der Waals surface area contributed by atoms with Crippen LogP contribution in [-0.4, -0.2) is 459 Å². The molecule has 2 aromatic rings. The van der Waals surface area contributed by atoms with Crippen molar-refractivity contribution in [2.45, 2.75) is 266 Å². The molecule has 42 heteroatoms. The average molecular weight is 1590 g/mol. The Morgan fingerprint density at radius 2 is 0.582 bits per heavy atom. The normalized spacial score (nSPS) is 46.9. The standard InChI is InChI=1S/C68H106N2O40/c1-27-41(80)55(42(81)33(20-73)95-27)106-65-52(91)59(46(85)37(24-77)100-65)108-67-53(92)60(47(86)38(25-78)102-67)109-68-54(93)61(110-66-51(90)58(45(84)36(23-76)101-66)105-62-32(79)16-69(15-31(19-72)97-62)12-28-8-4-2-5-9-28)48(87)39(103-68)26-94-63-49(88)57(44(83)34(21-74)98-63)107-64-50(89)56(43(82)35(22-75)99-64)104-40-17-70(14-30(18-71)96-40)13-29-10-6-3-7-11-29/h2-11,27,30-68,71-93H,12-26H2,1H3/t27?,30?,31-,32+,33?,34?,35?,36?,37?,38?,39?,40?,41?,42?,43?,44?,45?,46?,47?,48?,49?,50?,51?,52?,53?,54?,55?,56?,57?,58?,59?,60?,61?,62?,63?,64?,65?,66?,67?,68?/m0/s1. The summed E-state index contributed by atoms with van der Waals surface area (Å²) in [6.45, 7) is -5.76. The number of morpholine rings is 1. The molecule has 110 heavy (non-hydrogen) atoms. The molecule has 0 radical (unpaired) electrons. The van der Waals surface area contributed by atoms with E-state index in [1.807, 2.05) is 47.4 Å². The Hall–Kier alpha value is -3.24. The summed E-state index contributed by atoms with van der Waals surface area (Å²) in [5.74, 6) is 0.